The van der Waals surface area contributed by atoms with Crippen LogP contribution in [0.3, 0.4) is 0 Å². The summed E-state index contributed by atoms with van der Waals surface area (Å²) >= 11 is 0. The number of rotatable bonds is 3. The summed E-state index contributed by atoms with van der Waals surface area (Å²) in [6.07, 6.45) is 0.997. The van der Waals surface area contributed by atoms with Crippen molar-refractivity contribution >= 4 is 84.9 Å². The SMILES string of the molecule is CCC(OP)c1cccc2cc3cc4ccc5cc6cc7cc8ccccc8cc7cc6cc5c4cc3cc12. The smallest absolute Gasteiger partial charge is 0.0864 e. The topological polar surface area (TPSA) is 9.23 Å². The van der Waals surface area contributed by atoms with Crippen molar-refractivity contribution in [3.05, 3.63) is 121 Å². The highest BCUT2D eigenvalue weighted by Crippen LogP contribution is 2.37. The van der Waals surface area contributed by atoms with Crippen molar-refractivity contribution in [2.45, 2.75) is 19.4 Å². The molecule has 39 heavy (non-hydrogen) atoms. The molecule has 0 amide bonds. The summed E-state index contributed by atoms with van der Waals surface area (Å²) in [5.41, 5.74) is 1.25. The van der Waals surface area contributed by atoms with E-state index in [1.54, 1.807) is 0 Å². The first-order valence-electron chi connectivity index (χ1n) is 13.6. The van der Waals surface area contributed by atoms with Gasteiger partial charge < -0.3 is 4.52 Å². The van der Waals surface area contributed by atoms with Crippen LogP contribution in [0.5, 0.6) is 0 Å². The fourth-order valence-corrected chi connectivity index (χ4v) is 6.81. The van der Waals surface area contributed by atoms with Crippen LogP contribution in [0.4, 0.5) is 0 Å². The Balaban J connectivity index is 1.39. The van der Waals surface area contributed by atoms with Gasteiger partial charge in [-0.15, -0.1) is 0 Å². The Labute approximate surface area is 229 Å². The number of hydrogen-bond donors (Lipinski definition) is 0. The maximum atomic E-state index is 5.75. The van der Waals surface area contributed by atoms with Crippen molar-refractivity contribution in [3.63, 3.8) is 0 Å². The minimum absolute atomic E-state index is 0.0655. The third-order valence-corrected chi connectivity index (χ3v) is 8.81. The summed E-state index contributed by atoms with van der Waals surface area (Å²) in [7, 11) is 2.45. The highest BCUT2D eigenvalue weighted by atomic mass is 31.0. The van der Waals surface area contributed by atoms with E-state index in [9.17, 15) is 0 Å². The van der Waals surface area contributed by atoms with Crippen molar-refractivity contribution in [2.75, 3.05) is 0 Å². The van der Waals surface area contributed by atoms with Crippen molar-refractivity contribution in [2.24, 2.45) is 0 Å². The molecule has 0 heterocycles. The lowest BCUT2D eigenvalue weighted by Crippen LogP contribution is -1.97. The summed E-state index contributed by atoms with van der Waals surface area (Å²) < 4.78 is 5.75. The first-order chi connectivity index (χ1) is 19.2. The molecule has 0 aliphatic heterocycles. The predicted octanol–water partition coefficient (Wildman–Crippen LogP) is 11.0. The normalized spacial score (nSPS) is 13.0. The van der Waals surface area contributed by atoms with Gasteiger partial charge in [-0.05, 0) is 148 Å². The Bertz CT molecular complexity index is 2260. The Kier molecular flexibility index (Phi) is 5.14. The molecular formula is C37H27OP. The van der Waals surface area contributed by atoms with Gasteiger partial charge in [0.2, 0.25) is 0 Å². The van der Waals surface area contributed by atoms with E-state index in [0.29, 0.717) is 0 Å². The average Bonchev–Trinajstić information content (AvgIpc) is 2.96. The minimum Gasteiger partial charge on any atom is -0.358 e. The Morgan fingerprint density at radius 3 is 1.41 bits per heavy atom. The summed E-state index contributed by atoms with van der Waals surface area (Å²) in [5.74, 6) is 0. The summed E-state index contributed by atoms with van der Waals surface area (Å²) in [6, 6.07) is 43.2. The van der Waals surface area contributed by atoms with Gasteiger partial charge in [0.1, 0.15) is 0 Å². The maximum Gasteiger partial charge on any atom is 0.0864 e. The van der Waals surface area contributed by atoms with Crippen LogP contribution in [0.25, 0.3) is 75.4 Å². The van der Waals surface area contributed by atoms with Crippen LogP contribution in [0, 0.1) is 0 Å². The van der Waals surface area contributed by atoms with Crippen LogP contribution in [0.15, 0.2) is 115 Å². The molecule has 0 saturated heterocycles. The Morgan fingerprint density at radius 2 is 0.872 bits per heavy atom. The lowest BCUT2D eigenvalue weighted by atomic mass is 9.92. The summed E-state index contributed by atoms with van der Waals surface area (Å²) in [6.45, 7) is 2.17. The van der Waals surface area contributed by atoms with Crippen LogP contribution >= 0.6 is 9.47 Å². The lowest BCUT2D eigenvalue weighted by Gasteiger charge is -2.16. The van der Waals surface area contributed by atoms with E-state index in [-0.39, 0.29) is 6.10 Å². The molecule has 0 bridgehead atoms. The molecule has 0 aromatic heterocycles. The zero-order valence-electron chi connectivity index (χ0n) is 21.7. The minimum atomic E-state index is 0.0655. The maximum absolute atomic E-state index is 5.75. The Hall–Kier alpha value is -4.03. The molecule has 0 spiro atoms. The average molecular weight is 519 g/mol. The summed E-state index contributed by atoms with van der Waals surface area (Å²) in [4.78, 5) is 0. The van der Waals surface area contributed by atoms with E-state index < -0.39 is 0 Å². The van der Waals surface area contributed by atoms with Gasteiger partial charge in [0.25, 0.3) is 0 Å². The zero-order chi connectivity index (χ0) is 26.1. The van der Waals surface area contributed by atoms with Crippen LogP contribution in [0.2, 0.25) is 0 Å². The molecule has 8 rings (SSSR count). The molecule has 0 saturated carbocycles. The van der Waals surface area contributed by atoms with E-state index in [1.807, 2.05) is 0 Å². The second-order valence-electron chi connectivity index (χ2n) is 10.8. The molecule has 2 unspecified atom stereocenters. The molecule has 1 nitrogen and oxygen atoms in total. The molecule has 2 heteroatoms. The van der Waals surface area contributed by atoms with Gasteiger partial charge in [0.05, 0.1) is 6.10 Å². The molecule has 2 atom stereocenters. The second kappa shape index (κ2) is 8.75. The van der Waals surface area contributed by atoms with Gasteiger partial charge in [0, 0.05) is 9.47 Å². The van der Waals surface area contributed by atoms with Gasteiger partial charge in [-0.2, -0.15) is 0 Å². The molecule has 8 aromatic carbocycles. The standard InChI is InChI=1S/C37H27OP/c1-2-37(38-39)33-9-5-8-24-14-29-15-25-10-11-26-16-30-17-27-12-22-6-3-4-7-23(22)13-28(27)18-31(30)19-35(26)36(25)21-32(29)20-34(24)33/h3-21,37H,2,39H2,1H3. The first kappa shape index (κ1) is 22.9. The zero-order valence-corrected chi connectivity index (χ0v) is 22.9. The van der Waals surface area contributed by atoms with Crippen molar-refractivity contribution in [3.8, 4) is 0 Å². The quantitative estimate of drug-likeness (QED) is 0.128. The fourth-order valence-electron chi connectivity index (χ4n) is 6.47. The lowest BCUT2D eigenvalue weighted by molar-refractivity contribution is 0.242. The molecule has 0 N–H and O–H groups in total. The Morgan fingerprint density at radius 1 is 0.462 bits per heavy atom. The molecule has 0 aliphatic rings. The van der Waals surface area contributed by atoms with Gasteiger partial charge in [-0.1, -0.05) is 61.5 Å². The molecule has 0 aliphatic carbocycles. The van der Waals surface area contributed by atoms with E-state index in [1.165, 1.54) is 81.0 Å². The molecule has 8 aromatic rings. The van der Waals surface area contributed by atoms with Gasteiger partial charge in [-0.3, -0.25) is 0 Å². The molecular weight excluding hydrogens is 491 g/mol. The predicted molar refractivity (Wildman–Crippen MR) is 173 cm³/mol. The van der Waals surface area contributed by atoms with Crippen LogP contribution in [-0.2, 0) is 4.52 Å². The molecule has 186 valence electrons. The van der Waals surface area contributed by atoms with E-state index in [2.05, 4.69) is 132 Å². The third-order valence-electron chi connectivity index (χ3n) is 8.48. The van der Waals surface area contributed by atoms with Gasteiger partial charge in [0.15, 0.2) is 0 Å². The fraction of sp³-hybridized carbons (Fsp3) is 0.0811. The van der Waals surface area contributed by atoms with E-state index in [4.69, 9.17) is 4.52 Å². The van der Waals surface area contributed by atoms with Crippen molar-refractivity contribution < 1.29 is 4.52 Å². The number of fused-ring (bicyclic) bond motifs is 8. The first-order valence-corrected chi connectivity index (χ1v) is 14.1. The highest BCUT2D eigenvalue weighted by molar-refractivity contribution is 7.09. The largest absolute Gasteiger partial charge is 0.358 e. The van der Waals surface area contributed by atoms with Crippen molar-refractivity contribution in [1.82, 2.24) is 0 Å². The van der Waals surface area contributed by atoms with Crippen LogP contribution < -0.4 is 0 Å². The van der Waals surface area contributed by atoms with Crippen LogP contribution in [-0.4, -0.2) is 0 Å². The van der Waals surface area contributed by atoms with E-state index >= 15 is 0 Å². The highest BCUT2D eigenvalue weighted by Gasteiger charge is 2.13. The number of benzene rings is 8. The molecule has 0 fully saturated rings. The monoisotopic (exact) mass is 518 g/mol. The van der Waals surface area contributed by atoms with Gasteiger partial charge in [-0.25, -0.2) is 0 Å². The van der Waals surface area contributed by atoms with Crippen LogP contribution in [0.1, 0.15) is 25.0 Å². The van der Waals surface area contributed by atoms with E-state index in [0.717, 1.165) is 6.42 Å². The summed E-state index contributed by atoms with van der Waals surface area (Å²) in [5, 5.41) is 17.9. The third kappa shape index (κ3) is 3.62. The van der Waals surface area contributed by atoms with Crippen molar-refractivity contribution in [1.29, 1.82) is 0 Å². The second-order valence-corrected chi connectivity index (χ2v) is 11.0. The van der Waals surface area contributed by atoms with Gasteiger partial charge >= 0.3 is 0 Å². The molecule has 0 radical (unpaired) electrons. The number of hydrogen-bond acceptors (Lipinski definition) is 1.